The molecule has 0 bridgehead atoms. The van der Waals surface area contributed by atoms with Gasteiger partial charge in [-0.3, -0.25) is 4.99 Å². The molecule has 0 radical (unpaired) electrons. The van der Waals surface area contributed by atoms with E-state index in [1.165, 1.54) is 24.0 Å². The van der Waals surface area contributed by atoms with Crippen molar-refractivity contribution in [1.82, 2.24) is 5.16 Å². The Labute approximate surface area is 143 Å². The Morgan fingerprint density at radius 2 is 2.17 bits per heavy atom. The molecule has 0 saturated heterocycles. The summed E-state index contributed by atoms with van der Waals surface area (Å²) >= 11 is 0. The van der Waals surface area contributed by atoms with Crippen LogP contribution in [0.4, 0.5) is 0 Å². The fourth-order valence-corrected chi connectivity index (χ4v) is 3.42. The Bertz CT molecular complexity index is 690. The molecule has 0 spiro atoms. The lowest BCUT2D eigenvalue weighted by molar-refractivity contribution is 0.386. The van der Waals surface area contributed by atoms with Crippen LogP contribution in [0, 0.1) is 12.8 Å². The number of aryl methyl sites for hydroxylation is 1. The van der Waals surface area contributed by atoms with E-state index in [1.807, 2.05) is 6.26 Å². The van der Waals surface area contributed by atoms with Gasteiger partial charge in [0.05, 0.1) is 7.11 Å². The Morgan fingerprint density at radius 1 is 1.25 bits per heavy atom. The molecule has 4 heteroatoms. The van der Waals surface area contributed by atoms with Gasteiger partial charge < -0.3 is 9.26 Å². The molecule has 1 unspecified atom stereocenters. The second-order valence-electron chi connectivity index (χ2n) is 6.64. The average molecular weight is 326 g/mol. The van der Waals surface area contributed by atoms with Crippen LogP contribution in [0.3, 0.4) is 0 Å². The minimum Gasteiger partial charge on any atom is -0.484 e. The van der Waals surface area contributed by atoms with Crippen molar-refractivity contribution in [3.63, 3.8) is 0 Å². The number of hydrogen-bond donors (Lipinski definition) is 0. The van der Waals surface area contributed by atoms with Gasteiger partial charge in [0, 0.05) is 24.1 Å². The second-order valence-corrected chi connectivity index (χ2v) is 6.64. The number of methoxy groups -OCH3 is 1. The molecule has 0 N–H and O–H groups in total. The molecule has 2 heterocycles. The van der Waals surface area contributed by atoms with E-state index in [4.69, 9.17) is 9.26 Å². The smallest absolute Gasteiger partial charge is 0.182 e. The van der Waals surface area contributed by atoms with E-state index in [-0.39, 0.29) is 0 Å². The molecular formula is C20H26N2O2. The third-order valence-corrected chi connectivity index (χ3v) is 4.76. The van der Waals surface area contributed by atoms with Gasteiger partial charge in [0.15, 0.2) is 5.90 Å². The van der Waals surface area contributed by atoms with Crippen molar-refractivity contribution in [2.24, 2.45) is 10.9 Å². The first-order valence-corrected chi connectivity index (χ1v) is 8.84. The van der Waals surface area contributed by atoms with Crippen LogP contribution in [-0.4, -0.2) is 24.7 Å². The molecule has 4 nitrogen and oxygen atoms in total. The van der Waals surface area contributed by atoms with E-state index < -0.39 is 0 Å². The van der Waals surface area contributed by atoms with Gasteiger partial charge in [-0.1, -0.05) is 41.8 Å². The van der Waals surface area contributed by atoms with Crippen molar-refractivity contribution in [1.29, 1.82) is 0 Å². The Hall–Kier alpha value is -2.10. The first-order chi connectivity index (χ1) is 11.8. The van der Waals surface area contributed by atoms with Crippen LogP contribution in [0.2, 0.25) is 0 Å². The van der Waals surface area contributed by atoms with Crippen LogP contribution in [0.5, 0.6) is 0 Å². The lowest BCUT2D eigenvalue weighted by Crippen LogP contribution is -2.07. The maximum atomic E-state index is 5.34. The van der Waals surface area contributed by atoms with Crippen LogP contribution in [0.25, 0.3) is 11.3 Å². The molecule has 1 aliphatic heterocycles. The molecule has 128 valence electrons. The number of ether oxygens (including phenoxy) is 1. The van der Waals surface area contributed by atoms with E-state index in [0.29, 0.717) is 5.92 Å². The summed E-state index contributed by atoms with van der Waals surface area (Å²) in [5.41, 5.74) is 4.58. The molecule has 1 atom stereocenters. The first-order valence-electron chi connectivity index (χ1n) is 8.84. The van der Waals surface area contributed by atoms with Gasteiger partial charge in [-0.15, -0.1) is 0 Å². The summed E-state index contributed by atoms with van der Waals surface area (Å²) in [5, 5.41) is 4.26. The minimum absolute atomic E-state index is 0.618. The van der Waals surface area contributed by atoms with Gasteiger partial charge in [-0.05, 0) is 38.2 Å². The van der Waals surface area contributed by atoms with Gasteiger partial charge >= 0.3 is 0 Å². The molecule has 1 aromatic heterocycles. The monoisotopic (exact) mass is 326 g/mol. The topological polar surface area (TPSA) is 47.6 Å². The van der Waals surface area contributed by atoms with Crippen molar-refractivity contribution in [2.75, 3.05) is 13.7 Å². The number of benzene rings is 1. The summed E-state index contributed by atoms with van der Waals surface area (Å²) in [6.07, 6.45) is 8.47. The first kappa shape index (κ1) is 16.7. The highest BCUT2D eigenvalue weighted by atomic mass is 16.5. The van der Waals surface area contributed by atoms with E-state index in [2.05, 4.69) is 41.3 Å². The zero-order valence-corrected chi connectivity index (χ0v) is 14.6. The number of hydrogen-bond acceptors (Lipinski definition) is 4. The number of rotatable bonds is 3. The van der Waals surface area contributed by atoms with Crippen molar-refractivity contribution in [3.8, 4) is 11.3 Å². The molecule has 1 aromatic carbocycles. The van der Waals surface area contributed by atoms with Crippen LogP contribution >= 0.6 is 0 Å². The third kappa shape index (κ3) is 4.25. The van der Waals surface area contributed by atoms with Crippen LogP contribution < -0.4 is 0 Å². The summed E-state index contributed by atoms with van der Waals surface area (Å²) in [6, 6.07) is 8.45. The molecule has 3 rings (SSSR count). The number of nitrogens with zero attached hydrogens (tertiary/aromatic N) is 2. The minimum atomic E-state index is 0.618. The Kier molecular flexibility index (Phi) is 5.68. The molecule has 0 fully saturated rings. The standard InChI is InChI=1S/C20H26N2O2/c1-15-6-5-8-17(12-15)20-18(14-24-22-20)13-16-7-3-4-9-19(23-2)21-11-10-16/h5-6,8,12,14,16H,3-4,7,9-11,13H2,1-2H3. The van der Waals surface area contributed by atoms with E-state index in [0.717, 1.165) is 49.4 Å². The van der Waals surface area contributed by atoms with Crippen molar-refractivity contribution >= 4 is 5.90 Å². The molecule has 0 saturated carbocycles. The Morgan fingerprint density at radius 3 is 3.00 bits per heavy atom. The van der Waals surface area contributed by atoms with Gasteiger partial charge in [-0.2, -0.15) is 0 Å². The molecule has 1 aliphatic rings. The normalized spacial score (nSPS) is 19.1. The average Bonchev–Trinajstić information content (AvgIpc) is 3.07. The molecule has 0 amide bonds. The second kappa shape index (κ2) is 8.13. The SMILES string of the molecule is COC1=NCCC(Cc2conc2-c2cccc(C)c2)CCCC1. The van der Waals surface area contributed by atoms with Crippen LogP contribution in [0.15, 0.2) is 40.0 Å². The van der Waals surface area contributed by atoms with Crippen molar-refractivity contribution in [3.05, 3.63) is 41.7 Å². The molecular weight excluding hydrogens is 300 g/mol. The highest BCUT2D eigenvalue weighted by Gasteiger charge is 2.17. The maximum absolute atomic E-state index is 5.34. The number of aromatic nitrogens is 1. The van der Waals surface area contributed by atoms with Gasteiger partial charge in [-0.25, -0.2) is 0 Å². The lowest BCUT2D eigenvalue weighted by Gasteiger charge is -2.14. The highest BCUT2D eigenvalue weighted by Crippen LogP contribution is 2.28. The fourth-order valence-electron chi connectivity index (χ4n) is 3.42. The summed E-state index contributed by atoms with van der Waals surface area (Å²) in [7, 11) is 1.72. The summed E-state index contributed by atoms with van der Waals surface area (Å²) in [5.74, 6) is 1.52. The third-order valence-electron chi connectivity index (χ3n) is 4.76. The van der Waals surface area contributed by atoms with E-state index in [1.54, 1.807) is 7.11 Å². The number of aliphatic imine (C=N–C) groups is 1. The van der Waals surface area contributed by atoms with Crippen molar-refractivity contribution in [2.45, 2.75) is 45.4 Å². The van der Waals surface area contributed by atoms with Gasteiger partial charge in [0.1, 0.15) is 12.0 Å². The van der Waals surface area contributed by atoms with Crippen LogP contribution in [0.1, 0.15) is 43.2 Å². The Balaban J connectivity index is 1.72. The molecule has 24 heavy (non-hydrogen) atoms. The maximum Gasteiger partial charge on any atom is 0.182 e. The van der Waals surface area contributed by atoms with E-state index in [9.17, 15) is 0 Å². The zero-order chi connectivity index (χ0) is 16.8. The molecule has 2 aromatic rings. The van der Waals surface area contributed by atoms with Gasteiger partial charge in [0.25, 0.3) is 0 Å². The lowest BCUT2D eigenvalue weighted by atomic mass is 9.90. The largest absolute Gasteiger partial charge is 0.484 e. The highest BCUT2D eigenvalue weighted by molar-refractivity contribution is 5.75. The van der Waals surface area contributed by atoms with E-state index >= 15 is 0 Å². The summed E-state index contributed by atoms with van der Waals surface area (Å²) in [6.45, 7) is 2.95. The van der Waals surface area contributed by atoms with Crippen LogP contribution in [-0.2, 0) is 11.2 Å². The van der Waals surface area contributed by atoms with Crippen molar-refractivity contribution < 1.29 is 9.26 Å². The fraction of sp³-hybridized carbons (Fsp3) is 0.500. The molecule has 0 aliphatic carbocycles. The van der Waals surface area contributed by atoms with Gasteiger partial charge in [0.2, 0.25) is 0 Å². The zero-order valence-electron chi connectivity index (χ0n) is 14.6. The summed E-state index contributed by atoms with van der Waals surface area (Å²) in [4.78, 5) is 4.59. The quantitative estimate of drug-likeness (QED) is 0.812. The summed E-state index contributed by atoms with van der Waals surface area (Å²) < 4.78 is 10.6. The predicted molar refractivity (Wildman–Crippen MR) is 96.3 cm³/mol. The predicted octanol–water partition coefficient (Wildman–Crippen LogP) is 4.82.